The lowest BCUT2D eigenvalue weighted by Crippen LogP contribution is -2.35. The number of rotatable bonds is 7. The van der Waals surface area contributed by atoms with Gasteiger partial charge in [-0.05, 0) is 68.9 Å². The molecule has 1 heterocycles. The van der Waals surface area contributed by atoms with Gasteiger partial charge in [0.2, 0.25) is 0 Å². The molecule has 0 radical (unpaired) electrons. The second-order valence-corrected chi connectivity index (χ2v) is 8.66. The molecule has 1 aliphatic carbocycles. The largest absolute Gasteiger partial charge is 0.492 e. The molecule has 3 amide bonds. The minimum Gasteiger partial charge on any atom is -0.492 e. The number of urea groups is 1. The van der Waals surface area contributed by atoms with E-state index in [0.717, 1.165) is 44.5 Å². The molecule has 32 heavy (non-hydrogen) atoms. The summed E-state index contributed by atoms with van der Waals surface area (Å²) in [6.45, 7) is 6.55. The average Bonchev–Trinajstić information content (AvgIpc) is 3.60. The van der Waals surface area contributed by atoms with Crippen LogP contribution in [0.25, 0.3) is 0 Å². The maximum Gasteiger partial charge on any atom is 0.323 e. The Morgan fingerprint density at radius 2 is 1.78 bits per heavy atom. The number of amides is 3. The van der Waals surface area contributed by atoms with Gasteiger partial charge in [-0.1, -0.05) is 19.1 Å². The highest BCUT2D eigenvalue weighted by atomic mass is 16.5. The lowest BCUT2D eigenvalue weighted by atomic mass is 9.98. The Kier molecular flexibility index (Phi) is 6.83. The molecule has 2 aliphatic rings. The van der Waals surface area contributed by atoms with E-state index in [4.69, 9.17) is 4.74 Å². The summed E-state index contributed by atoms with van der Waals surface area (Å²) in [4.78, 5) is 27.9. The van der Waals surface area contributed by atoms with Gasteiger partial charge in [0.1, 0.15) is 5.75 Å². The van der Waals surface area contributed by atoms with Gasteiger partial charge in [0, 0.05) is 30.5 Å². The predicted octanol–water partition coefficient (Wildman–Crippen LogP) is 4.86. The molecule has 170 valence electrons. The third kappa shape index (κ3) is 5.52. The van der Waals surface area contributed by atoms with Crippen molar-refractivity contribution >= 4 is 29.0 Å². The number of carbonyl (C=O) groups is 2. The van der Waals surface area contributed by atoms with Gasteiger partial charge in [0.05, 0.1) is 17.9 Å². The van der Waals surface area contributed by atoms with Crippen molar-refractivity contribution in [2.75, 3.05) is 35.2 Å². The van der Waals surface area contributed by atoms with Crippen LogP contribution in [0.5, 0.6) is 5.75 Å². The third-order valence-corrected chi connectivity index (χ3v) is 5.97. The molecule has 1 saturated carbocycles. The smallest absolute Gasteiger partial charge is 0.323 e. The second-order valence-electron chi connectivity index (χ2n) is 8.66. The van der Waals surface area contributed by atoms with Gasteiger partial charge in [-0.25, -0.2) is 4.79 Å². The van der Waals surface area contributed by atoms with E-state index >= 15 is 0 Å². The molecule has 0 atom stereocenters. The van der Waals surface area contributed by atoms with Crippen molar-refractivity contribution in [2.45, 2.75) is 45.6 Å². The lowest BCUT2D eigenvalue weighted by molar-refractivity contribution is 0.0951. The van der Waals surface area contributed by atoms with E-state index in [2.05, 4.69) is 27.8 Å². The predicted molar refractivity (Wildman–Crippen MR) is 128 cm³/mol. The minimum atomic E-state index is -0.384. The fourth-order valence-corrected chi connectivity index (χ4v) is 3.95. The van der Waals surface area contributed by atoms with E-state index in [0.29, 0.717) is 35.2 Å². The van der Waals surface area contributed by atoms with Crippen LogP contribution in [0.15, 0.2) is 42.5 Å². The molecule has 1 aliphatic heterocycles. The Hall–Kier alpha value is -3.22. The number of piperidine rings is 1. The monoisotopic (exact) mass is 436 g/mol. The number of benzene rings is 2. The quantitative estimate of drug-likeness (QED) is 0.579. The molecule has 7 nitrogen and oxygen atoms in total. The van der Waals surface area contributed by atoms with E-state index in [-0.39, 0.29) is 18.0 Å². The SMILES string of the molecule is CCOc1ccccc1NC(=O)Nc1ccc(N2CCC(C)CC2)c(C(=O)NC2CC2)c1. The van der Waals surface area contributed by atoms with Gasteiger partial charge in [-0.2, -0.15) is 0 Å². The molecule has 1 saturated heterocycles. The number of para-hydroxylation sites is 2. The zero-order valence-electron chi connectivity index (χ0n) is 18.8. The van der Waals surface area contributed by atoms with Crippen molar-refractivity contribution in [2.24, 2.45) is 5.92 Å². The summed E-state index contributed by atoms with van der Waals surface area (Å²) in [6, 6.07) is 12.8. The summed E-state index contributed by atoms with van der Waals surface area (Å²) in [7, 11) is 0. The summed E-state index contributed by atoms with van der Waals surface area (Å²) in [5, 5.41) is 8.78. The first-order valence-corrected chi connectivity index (χ1v) is 11.5. The van der Waals surface area contributed by atoms with Crippen LogP contribution in [0.1, 0.15) is 49.9 Å². The van der Waals surface area contributed by atoms with E-state index in [1.807, 2.05) is 37.3 Å². The summed E-state index contributed by atoms with van der Waals surface area (Å²) >= 11 is 0. The summed E-state index contributed by atoms with van der Waals surface area (Å²) in [5.41, 5.74) is 2.71. The molecular weight excluding hydrogens is 404 g/mol. The molecule has 0 spiro atoms. The first-order valence-electron chi connectivity index (χ1n) is 11.5. The van der Waals surface area contributed by atoms with Crippen LogP contribution in [0.3, 0.4) is 0 Å². The van der Waals surface area contributed by atoms with Crippen LogP contribution in [0.2, 0.25) is 0 Å². The molecule has 4 rings (SSSR count). The van der Waals surface area contributed by atoms with Crippen LogP contribution < -0.4 is 25.6 Å². The van der Waals surface area contributed by atoms with Crippen LogP contribution >= 0.6 is 0 Å². The summed E-state index contributed by atoms with van der Waals surface area (Å²) in [6.07, 6.45) is 4.29. The number of anilines is 3. The number of hydrogen-bond acceptors (Lipinski definition) is 4. The number of carbonyl (C=O) groups excluding carboxylic acids is 2. The average molecular weight is 437 g/mol. The van der Waals surface area contributed by atoms with Crippen LogP contribution in [-0.4, -0.2) is 37.7 Å². The maximum atomic E-state index is 13.0. The van der Waals surface area contributed by atoms with Crippen molar-refractivity contribution in [1.29, 1.82) is 0 Å². The van der Waals surface area contributed by atoms with Gasteiger partial charge >= 0.3 is 6.03 Å². The van der Waals surface area contributed by atoms with Gasteiger partial charge in [0.15, 0.2) is 0 Å². The number of ether oxygens (including phenoxy) is 1. The molecule has 2 aromatic rings. The molecule has 2 aromatic carbocycles. The highest BCUT2D eigenvalue weighted by molar-refractivity contribution is 6.04. The first kappa shape index (κ1) is 22.0. The number of nitrogens with one attached hydrogen (secondary N) is 3. The van der Waals surface area contributed by atoms with Crippen molar-refractivity contribution in [3.63, 3.8) is 0 Å². The summed E-state index contributed by atoms with van der Waals surface area (Å²) < 4.78 is 5.57. The Bertz CT molecular complexity index is 965. The third-order valence-electron chi connectivity index (χ3n) is 5.97. The Morgan fingerprint density at radius 1 is 1.03 bits per heavy atom. The second kappa shape index (κ2) is 9.94. The van der Waals surface area contributed by atoms with Gasteiger partial charge in [-0.15, -0.1) is 0 Å². The molecule has 0 unspecified atom stereocenters. The normalized spacial score (nSPS) is 16.4. The maximum absolute atomic E-state index is 13.0. The topological polar surface area (TPSA) is 82.7 Å². The summed E-state index contributed by atoms with van der Waals surface area (Å²) in [5.74, 6) is 1.25. The van der Waals surface area contributed by atoms with E-state index in [1.54, 1.807) is 12.1 Å². The standard InChI is InChI=1S/C25H32N4O3/c1-3-32-23-7-5-4-6-21(23)28-25(31)27-19-10-11-22(29-14-12-17(2)13-15-29)20(16-19)24(30)26-18-8-9-18/h4-7,10-11,16-18H,3,8-9,12-15H2,1-2H3,(H,26,30)(H2,27,28,31). The molecule has 0 aromatic heterocycles. The fraction of sp³-hybridized carbons (Fsp3) is 0.440. The Morgan fingerprint density at radius 3 is 2.50 bits per heavy atom. The van der Waals surface area contributed by atoms with Crippen LogP contribution in [0, 0.1) is 5.92 Å². The lowest BCUT2D eigenvalue weighted by Gasteiger charge is -2.33. The van der Waals surface area contributed by atoms with Crippen molar-refractivity contribution in [3.8, 4) is 5.75 Å². The van der Waals surface area contributed by atoms with E-state index < -0.39 is 0 Å². The fourth-order valence-electron chi connectivity index (χ4n) is 3.95. The molecule has 0 bridgehead atoms. The zero-order chi connectivity index (χ0) is 22.5. The minimum absolute atomic E-state index is 0.0770. The molecular formula is C25H32N4O3. The van der Waals surface area contributed by atoms with Crippen molar-refractivity contribution < 1.29 is 14.3 Å². The Balaban J connectivity index is 1.51. The van der Waals surface area contributed by atoms with Crippen LogP contribution in [-0.2, 0) is 0 Å². The van der Waals surface area contributed by atoms with Gasteiger partial charge < -0.3 is 25.6 Å². The molecule has 2 fully saturated rings. The van der Waals surface area contributed by atoms with Crippen molar-refractivity contribution in [3.05, 3.63) is 48.0 Å². The Labute approximate surface area is 189 Å². The first-order chi connectivity index (χ1) is 15.5. The highest BCUT2D eigenvalue weighted by Gasteiger charge is 2.27. The highest BCUT2D eigenvalue weighted by Crippen LogP contribution is 2.30. The van der Waals surface area contributed by atoms with Gasteiger partial charge in [0.25, 0.3) is 5.91 Å². The van der Waals surface area contributed by atoms with E-state index in [1.165, 1.54) is 0 Å². The zero-order valence-corrected chi connectivity index (χ0v) is 18.8. The van der Waals surface area contributed by atoms with Crippen molar-refractivity contribution in [1.82, 2.24) is 5.32 Å². The van der Waals surface area contributed by atoms with E-state index in [9.17, 15) is 9.59 Å². The van der Waals surface area contributed by atoms with Crippen LogP contribution in [0.4, 0.5) is 21.9 Å². The number of hydrogen-bond donors (Lipinski definition) is 3. The number of nitrogens with zero attached hydrogens (tertiary/aromatic N) is 1. The molecule has 7 heteroatoms. The van der Waals surface area contributed by atoms with Gasteiger partial charge in [-0.3, -0.25) is 4.79 Å². The molecule has 3 N–H and O–H groups in total.